The number of H-pyrrole nitrogens is 1. The van der Waals surface area contributed by atoms with Crippen molar-refractivity contribution in [1.29, 1.82) is 0 Å². The molecule has 1 saturated heterocycles. The van der Waals surface area contributed by atoms with Crippen molar-refractivity contribution in [2.75, 3.05) is 6.54 Å². The highest BCUT2D eigenvalue weighted by molar-refractivity contribution is 5.69. The molecule has 0 saturated carbocycles. The number of nitrogens with one attached hydrogen (secondary N) is 1. The molecule has 0 aliphatic carbocycles. The number of aromatic amines is 1. The fraction of sp³-hybridized carbons (Fsp3) is 0.733. The minimum Gasteiger partial charge on any atom is -0.444 e. The molecule has 2 unspecified atom stereocenters. The molecule has 1 aliphatic heterocycles. The lowest BCUT2D eigenvalue weighted by Gasteiger charge is -2.27. The van der Waals surface area contributed by atoms with Gasteiger partial charge in [-0.25, -0.2) is 9.78 Å². The Morgan fingerprint density at radius 1 is 1.40 bits per heavy atom. The Labute approximate surface area is 120 Å². The quantitative estimate of drug-likeness (QED) is 0.857. The number of rotatable bonds is 1. The van der Waals surface area contributed by atoms with Crippen molar-refractivity contribution in [3.8, 4) is 0 Å². The molecule has 1 aromatic heterocycles. The van der Waals surface area contributed by atoms with Crippen LogP contribution in [-0.2, 0) is 4.74 Å². The van der Waals surface area contributed by atoms with Crippen LogP contribution in [0.3, 0.4) is 0 Å². The maximum atomic E-state index is 12.3. The lowest BCUT2D eigenvalue weighted by atomic mass is 10.1. The van der Waals surface area contributed by atoms with Crippen LogP contribution < -0.4 is 0 Å². The summed E-state index contributed by atoms with van der Waals surface area (Å²) in [6, 6.07) is -0.00718. The standard InChI is InChI=1S/C15H25N3O2/c1-9-7-12(13-16-10(2)11(3)17-13)18(8-9)14(19)20-15(4,5)6/h9,12H,7-8H2,1-6H3,(H,16,17). The van der Waals surface area contributed by atoms with E-state index >= 15 is 0 Å². The van der Waals surface area contributed by atoms with Gasteiger partial charge in [-0.3, -0.25) is 4.90 Å². The Morgan fingerprint density at radius 3 is 2.55 bits per heavy atom. The number of amides is 1. The number of hydrogen-bond donors (Lipinski definition) is 1. The van der Waals surface area contributed by atoms with E-state index in [1.165, 1.54) is 0 Å². The zero-order valence-electron chi connectivity index (χ0n) is 13.3. The third kappa shape index (κ3) is 3.14. The summed E-state index contributed by atoms with van der Waals surface area (Å²) >= 11 is 0. The molecule has 0 aromatic carbocycles. The predicted octanol–water partition coefficient (Wildman–Crippen LogP) is 3.34. The van der Waals surface area contributed by atoms with E-state index in [0.717, 1.165) is 30.2 Å². The van der Waals surface area contributed by atoms with E-state index in [1.54, 1.807) is 4.90 Å². The molecule has 112 valence electrons. The Kier molecular flexibility index (Phi) is 3.80. The third-order valence-electron chi connectivity index (χ3n) is 3.60. The van der Waals surface area contributed by atoms with Crippen molar-refractivity contribution < 1.29 is 9.53 Å². The van der Waals surface area contributed by atoms with Gasteiger partial charge >= 0.3 is 6.09 Å². The van der Waals surface area contributed by atoms with E-state index in [2.05, 4.69) is 16.9 Å². The lowest BCUT2D eigenvalue weighted by Crippen LogP contribution is -2.37. The number of aryl methyl sites for hydroxylation is 2. The molecule has 5 nitrogen and oxygen atoms in total. The monoisotopic (exact) mass is 279 g/mol. The second-order valence-electron chi connectivity index (χ2n) is 6.82. The molecular weight excluding hydrogens is 254 g/mol. The van der Waals surface area contributed by atoms with Gasteiger partial charge in [-0.1, -0.05) is 6.92 Å². The molecule has 2 atom stereocenters. The third-order valence-corrected chi connectivity index (χ3v) is 3.60. The fourth-order valence-electron chi connectivity index (χ4n) is 2.56. The Morgan fingerprint density at radius 2 is 2.05 bits per heavy atom. The molecule has 0 bridgehead atoms. The van der Waals surface area contributed by atoms with Crippen LogP contribution in [0, 0.1) is 19.8 Å². The zero-order valence-corrected chi connectivity index (χ0v) is 13.3. The molecule has 1 N–H and O–H groups in total. The predicted molar refractivity (Wildman–Crippen MR) is 77.5 cm³/mol. The van der Waals surface area contributed by atoms with Crippen molar-refractivity contribution >= 4 is 6.09 Å². The first kappa shape index (κ1) is 14.9. The summed E-state index contributed by atoms with van der Waals surface area (Å²) < 4.78 is 5.50. The number of hydrogen-bond acceptors (Lipinski definition) is 3. The van der Waals surface area contributed by atoms with Gasteiger partial charge < -0.3 is 9.72 Å². The normalized spacial score (nSPS) is 23.2. The summed E-state index contributed by atoms with van der Waals surface area (Å²) in [6.07, 6.45) is 0.671. The van der Waals surface area contributed by atoms with Crippen LogP contribution in [0.2, 0.25) is 0 Å². The van der Waals surface area contributed by atoms with Gasteiger partial charge in [0, 0.05) is 12.2 Å². The summed E-state index contributed by atoms with van der Waals surface area (Å²) in [4.78, 5) is 22.0. The van der Waals surface area contributed by atoms with Crippen molar-refractivity contribution in [3.05, 3.63) is 17.2 Å². The molecule has 1 amide bonds. The molecule has 1 aromatic rings. The van der Waals surface area contributed by atoms with Crippen LogP contribution in [0.1, 0.15) is 57.4 Å². The number of carbonyl (C=O) groups excluding carboxylic acids is 1. The van der Waals surface area contributed by atoms with Crippen LogP contribution in [0.25, 0.3) is 0 Å². The maximum Gasteiger partial charge on any atom is 0.410 e. The van der Waals surface area contributed by atoms with Gasteiger partial charge in [0.1, 0.15) is 11.4 Å². The molecule has 1 aliphatic rings. The van der Waals surface area contributed by atoms with Crippen LogP contribution >= 0.6 is 0 Å². The fourth-order valence-corrected chi connectivity index (χ4v) is 2.56. The second-order valence-corrected chi connectivity index (χ2v) is 6.82. The van der Waals surface area contributed by atoms with Crippen molar-refractivity contribution in [2.24, 2.45) is 5.92 Å². The van der Waals surface area contributed by atoms with Gasteiger partial charge in [-0.05, 0) is 47.0 Å². The van der Waals surface area contributed by atoms with Crippen molar-refractivity contribution in [1.82, 2.24) is 14.9 Å². The van der Waals surface area contributed by atoms with Gasteiger partial charge in [-0.15, -0.1) is 0 Å². The van der Waals surface area contributed by atoms with Crippen LogP contribution in [0.5, 0.6) is 0 Å². The lowest BCUT2D eigenvalue weighted by molar-refractivity contribution is 0.0214. The summed E-state index contributed by atoms with van der Waals surface area (Å²) in [5.41, 5.74) is 1.58. The molecule has 20 heavy (non-hydrogen) atoms. The number of aromatic nitrogens is 2. The average molecular weight is 279 g/mol. The van der Waals surface area contributed by atoms with Crippen molar-refractivity contribution in [2.45, 2.75) is 59.6 Å². The SMILES string of the molecule is Cc1nc(C2CC(C)CN2C(=O)OC(C)(C)C)[nH]c1C. The Hall–Kier alpha value is -1.52. The smallest absolute Gasteiger partial charge is 0.410 e. The summed E-state index contributed by atoms with van der Waals surface area (Å²) in [6.45, 7) is 12.5. The Bertz CT molecular complexity index is 482. The first-order chi connectivity index (χ1) is 9.17. The van der Waals surface area contributed by atoms with E-state index in [9.17, 15) is 4.79 Å². The van der Waals surface area contributed by atoms with Gasteiger partial charge in [0.25, 0.3) is 0 Å². The first-order valence-electron chi connectivity index (χ1n) is 7.20. The zero-order chi connectivity index (χ0) is 15.1. The minimum absolute atomic E-state index is 0.00718. The largest absolute Gasteiger partial charge is 0.444 e. The van der Waals surface area contributed by atoms with Crippen LogP contribution in [0.4, 0.5) is 4.79 Å². The highest BCUT2D eigenvalue weighted by Gasteiger charge is 2.38. The molecule has 0 spiro atoms. The summed E-state index contributed by atoms with van der Waals surface area (Å²) in [7, 11) is 0. The molecule has 0 radical (unpaired) electrons. The van der Waals surface area contributed by atoms with E-state index < -0.39 is 5.60 Å². The maximum absolute atomic E-state index is 12.3. The van der Waals surface area contributed by atoms with Gasteiger partial charge in [0.2, 0.25) is 0 Å². The average Bonchev–Trinajstić information content (AvgIpc) is 2.81. The number of nitrogens with zero attached hydrogens (tertiary/aromatic N) is 2. The van der Waals surface area contributed by atoms with E-state index in [1.807, 2.05) is 34.6 Å². The van der Waals surface area contributed by atoms with Gasteiger partial charge in [0.05, 0.1) is 11.7 Å². The minimum atomic E-state index is -0.470. The van der Waals surface area contributed by atoms with Gasteiger partial charge in [-0.2, -0.15) is 0 Å². The molecule has 1 fully saturated rings. The summed E-state index contributed by atoms with van der Waals surface area (Å²) in [5, 5.41) is 0. The van der Waals surface area contributed by atoms with Crippen molar-refractivity contribution in [3.63, 3.8) is 0 Å². The van der Waals surface area contributed by atoms with E-state index in [0.29, 0.717) is 5.92 Å². The molecule has 2 rings (SSSR count). The van der Waals surface area contributed by atoms with Crippen LogP contribution in [0.15, 0.2) is 0 Å². The second kappa shape index (κ2) is 5.11. The van der Waals surface area contributed by atoms with E-state index in [4.69, 9.17) is 4.74 Å². The highest BCUT2D eigenvalue weighted by atomic mass is 16.6. The van der Waals surface area contributed by atoms with Gasteiger partial charge in [0.15, 0.2) is 0 Å². The van der Waals surface area contributed by atoms with Crippen LogP contribution in [-0.4, -0.2) is 33.1 Å². The summed E-state index contributed by atoms with van der Waals surface area (Å²) in [5.74, 6) is 1.33. The number of likely N-dealkylation sites (tertiary alicyclic amines) is 1. The molecular formula is C15H25N3O2. The highest BCUT2D eigenvalue weighted by Crippen LogP contribution is 2.35. The topological polar surface area (TPSA) is 58.2 Å². The number of imidazole rings is 1. The van der Waals surface area contributed by atoms with E-state index in [-0.39, 0.29) is 12.1 Å². The number of ether oxygens (including phenoxy) is 1. The Balaban J connectivity index is 2.20. The molecule has 5 heteroatoms. The molecule has 2 heterocycles. The first-order valence-corrected chi connectivity index (χ1v) is 7.20. The number of carbonyl (C=O) groups is 1.